The number of rotatable bonds is 11. The zero-order valence-electron chi connectivity index (χ0n) is 16.1. The molecule has 5 heteroatoms. The molecule has 0 aliphatic rings. The van der Waals surface area contributed by atoms with Crippen LogP contribution >= 0.6 is 0 Å². The zero-order chi connectivity index (χ0) is 20.4. The maximum atomic E-state index is 12.8. The van der Waals surface area contributed by atoms with E-state index in [1.54, 1.807) is 30.4 Å². The molecule has 0 spiro atoms. The van der Waals surface area contributed by atoms with E-state index in [2.05, 4.69) is 13.2 Å². The van der Waals surface area contributed by atoms with Gasteiger partial charge in [-0.2, -0.15) is 0 Å². The molecule has 0 saturated carbocycles. The van der Waals surface area contributed by atoms with Crippen LogP contribution in [0.4, 0.5) is 0 Å². The van der Waals surface area contributed by atoms with Crippen molar-refractivity contribution in [2.24, 2.45) is 0 Å². The van der Waals surface area contributed by atoms with Gasteiger partial charge in [0.2, 0.25) is 0 Å². The zero-order valence-corrected chi connectivity index (χ0v) is 16.1. The van der Waals surface area contributed by atoms with Gasteiger partial charge in [0, 0.05) is 12.1 Å². The largest absolute Gasteiger partial charge is 0.496 e. The topological polar surface area (TPSA) is 54.0 Å². The van der Waals surface area contributed by atoms with Gasteiger partial charge >= 0.3 is 0 Å². The smallest absolute Gasteiger partial charge is 0.193 e. The molecule has 0 heterocycles. The molecule has 0 amide bonds. The lowest BCUT2D eigenvalue weighted by atomic mass is 10.1. The Morgan fingerprint density at radius 1 is 0.893 bits per heavy atom. The highest BCUT2D eigenvalue weighted by atomic mass is 16.5. The summed E-state index contributed by atoms with van der Waals surface area (Å²) in [5.74, 6) is 1.78. The van der Waals surface area contributed by atoms with Gasteiger partial charge in [-0.05, 0) is 23.8 Å². The molecule has 0 aliphatic carbocycles. The van der Waals surface area contributed by atoms with E-state index in [-0.39, 0.29) is 12.4 Å². The summed E-state index contributed by atoms with van der Waals surface area (Å²) in [5.41, 5.74) is 1.19. The second-order valence-electron chi connectivity index (χ2n) is 5.67. The molecule has 0 radical (unpaired) electrons. The van der Waals surface area contributed by atoms with E-state index < -0.39 is 0 Å². The van der Waals surface area contributed by atoms with Gasteiger partial charge in [0.05, 0.1) is 14.2 Å². The minimum atomic E-state index is -0.245. The van der Waals surface area contributed by atoms with Crippen molar-refractivity contribution >= 4 is 11.9 Å². The van der Waals surface area contributed by atoms with E-state index in [4.69, 9.17) is 18.9 Å². The van der Waals surface area contributed by atoms with Gasteiger partial charge < -0.3 is 18.9 Å². The third-order valence-corrected chi connectivity index (χ3v) is 3.77. The van der Waals surface area contributed by atoms with Crippen molar-refractivity contribution in [1.82, 2.24) is 0 Å². The molecule has 0 aliphatic heterocycles. The van der Waals surface area contributed by atoms with E-state index in [9.17, 15) is 4.79 Å². The van der Waals surface area contributed by atoms with Crippen LogP contribution in [0.5, 0.6) is 23.0 Å². The van der Waals surface area contributed by atoms with Gasteiger partial charge in [0.15, 0.2) is 5.78 Å². The molecule has 0 fully saturated rings. The van der Waals surface area contributed by atoms with Gasteiger partial charge in [-0.3, -0.25) is 4.79 Å². The number of methoxy groups -OCH3 is 2. The Labute approximate surface area is 165 Å². The first-order chi connectivity index (χ1) is 13.6. The first-order valence-electron chi connectivity index (χ1n) is 8.68. The van der Waals surface area contributed by atoms with Crippen LogP contribution in [0.25, 0.3) is 6.08 Å². The number of hydrogen-bond donors (Lipinski definition) is 0. The molecule has 5 nitrogen and oxygen atoms in total. The number of ketones is 1. The monoisotopic (exact) mass is 380 g/mol. The highest BCUT2D eigenvalue weighted by Gasteiger charge is 2.19. The fourth-order valence-corrected chi connectivity index (χ4v) is 2.44. The summed E-state index contributed by atoms with van der Waals surface area (Å²) in [5, 5.41) is 0. The molecule has 2 aromatic rings. The molecule has 2 rings (SSSR count). The fourth-order valence-electron chi connectivity index (χ4n) is 2.44. The van der Waals surface area contributed by atoms with Crippen molar-refractivity contribution in [3.63, 3.8) is 0 Å². The molecule has 2 aromatic carbocycles. The van der Waals surface area contributed by atoms with Crippen LogP contribution in [-0.4, -0.2) is 33.2 Å². The molecule has 0 unspecified atom stereocenters. The molecule has 0 saturated heterocycles. The summed E-state index contributed by atoms with van der Waals surface area (Å²) in [6, 6.07) is 10.7. The van der Waals surface area contributed by atoms with Crippen LogP contribution in [0.15, 0.2) is 67.8 Å². The van der Waals surface area contributed by atoms with Gasteiger partial charge in [-0.15, -0.1) is 0 Å². The fraction of sp³-hybridized carbons (Fsp3) is 0.174. The maximum Gasteiger partial charge on any atom is 0.193 e. The Bertz CT molecular complexity index is 850. The van der Waals surface area contributed by atoms with Crippen LogP contribution in [0, 0.1) is 0 Å². The Morgan fingerprint density at radius 2 is 1.54 bits per heavy atom. The Balaban J connectivity index is 2.27. The molecular formula is C23H24O5. The molecule has 28 heavy (non-hydrogen) atoms. The lowest BCUT2D eigenvalue weighted by molar-refractivity contribution is 0.104. The molecule has 0 N–H and O–H groups in total. The SMILES string of the molecule is C=CCOc1ccc(C=CC(=O)c2c(OC)cc(OC)cc2OCC=C)cc1. The second-order valence-corrected chi connectivity index (χ2v) is 5.67. The van der Waals surface area contributed by atoms with Crippen molar-refractivity contribution in [3.8, 4) is 23.0 Å². The van der Waals surface area contributed by atoms with Crippen molar-refractivity contribution in [3.05, 3.63) is 78.9 Å². The highest BCUT2D eigenvalue weighted by molar-refractivity contribution is 6.10. The summed E-state index contributed by atoms with van der Waals surface area (Å²) in [4.78, 5) is 12.8. The Kier molecular flexibility index (Phi) is 7.91. The van der Waals surface area contributed by atoms with E-state index in [1.165, 1.54) is 20.3 Å². The normalized spacial score (nSPS) is 10.4. The van der Waals surface area contributed by atoms with Gasteiger partial charge in [0.1, 0.15) is 41.8 Å². The predicted octanol–water partition coefficient (Wildman–Crippen LogP) is 4.73. The lowest BCUT2D eigenvalue weighted by Gasteiger charge is -2.14. The van der Waals surface area contributed by atoms with Crippen LogP contribution in [0.3, 0.4) is 0 Å². The van der Waals surface area contributed by atoms with E-state index in [1.807, 2.05) is 24.3 Å². The molecule has 0 atom stereocenters. The first-order valence-corrected chi connectivity index (χ1v) is 8.68. The lowest BCUT2D eigenvalue weighted by Crippen LogP contribution is -2.05. The van der Waals surface area contributed by atoms with Crippen LogP contribution < -0.4 is 18.9 Å². The van der Waals surface area contributed by atoms with Crippen LogP contribution in [0.1, 0.15) is 15.9 Å². The summed E-state index contributed by atoms with van der Waals surface area (Å²) in [6.07, 6.45) is 6.48. The summed E-state index contributed by atoms with van der Waals surface area (Å²) >= 11 is 0. The third-order valence-electron chi connectivity index (χ3n) is 3.77. The third kappa shape index (κ3) is 5.51. The number of carbonyl (C=O) groups excluding carboxylic acids is 1. The average molecular weight is 380 g/mol. The van der Waals surface area contributed by atoms with E-state index in [0.29, 0.717) is 29.4 Å². The van der Waals surface area contributed by atoms with Gasteiger partial charge in [-0.25, -0.2) is 0 Å². The number of allylic oxidation sites excluding steroid dienone is 1. The predicted molar refractivity (Wildman–Crippen MR) is 111 cm³/mol. The second kappa shape index (κ2) is 10.6. The first kappa shape index (κ1) is 20.8. The van der Waals surface area contributed by atoms with Crippen LogP contribution in [-0.2, 0) is 0 Å². The summed E-state index contributed by atoms with van der Waals surface area (Å²) in [7, 11) is 3.03. The summed E-state index contributed by atoms with van der Waals surface area (Å²) in [6.45, 7) is 7.95. The maximum absolute atomic E-state index is 12.8. The van der Waals surface area contributed by atoms with Crippen molar-refractivity contribution in [2.75, 3.05) is 27.4 Å². The number of benzene rings is 2. The standard InChI is InChI=1S/C23H24O5/c1-5-13-27-18-10-7-17(8-11-18)9-12-20(24)23-21(26-4)15-19(25-3)16-22(23)28-14-6-2/h5-12,15-16H,1-2,13-14H2,3-4H3. The minimum absolute atomic E-state index is 0.245. The average Bonchev–Trinajstić information content (AvgIpc) is 2.74. The van der Waals surface area contributed by atoms with Gasteiger partial charge in [0.25, 0.3) is 0 Å². The van der Waals surface area contributed by atoms with Crippen molar-refractivity contribution < 1.29 is 23.7 Å². The van der Waals surface area contributed by atoms with Crippen molar-refractivity contribution in [1.29, 1.82) is 0 Å². The molecule has 0 bridgehead atoms. The Hall–Kier alpha value is -3.47. The molecule has 146 valence electrons. The minimum Gasteiger partial charge on any atom is -0.496 e. The van der Waals surface area contributed by atoms with Crippen molar-refractivity contribution in [2.45, 2.75) is 0 Å². The molecular weight excluding hydrogens is 356 g/mol. The number of carbonyl (C=O) groups is 1. The number of hydrogen-bond acceptors (Lipinski definition) is 5. The Morgan fingerprint density at radius 3 is 2.14 bits per heavy atom. The molecule has 0 aromatic heterocycles. The van der Waals surface area contributed by atoms with Gasteiger partial charge in [-0.1, -0.05) is 43.5 Å². The summed E-state index contributed by atoms with van der Waals surface area (Å²) < 4.78 is 21.7. The van der Waals surface area contributed by atoms with Crippen LogP contribution in [0.2, 0.25) is 0 Å². The number of ether oxygens (including phenoxy) is 4. The van der Waals surface area contributed by atoms with E-state index in [0.717, 1.165) is 11.3 Å². The quantitative estimate of drug-likeness (QED) is 0.320. The van der Waals surface area contributed by atoms with E-state index >= 15 is 0 Å². The highest BCUT2D eigenvalue weighted by Crippen LogP contribution is 2.35.